The van der Waals surface area contributed by atoms with Crippen LogP contribution in [0.5, 0.6) is 0 Å². The van der Waals surface area contributed by atoms with Gasteiger partial charge in [-0.25, -0.2) is 9.97 Å². The summed E-state index contributed by atoms with van der Waals surface area (Å²) in [6, 6.07) is 38.2. The monoisotopic (exact) mass is 588 g/mol. The molecule has 0 saturated heterocycles. The molecule has 0 amide bonds. The molecule has 7 aromatic rings. The van der Waals surface area contributed by atoms with Crippen LogP contribution in [0.2, 0.25) is 0 Å². The minimum absolute atomic E-state index is 0.948. The lowest BCUT2D eigenvalue weighted by Gasteiger charge is -2.14. The molecule has 5 aromatic carbocycles. The van der Waals surface area contributed by atoms with Crippen LogP contribution in [0, 0.1) is 0 Å². The molecular weight excluding hydrogens is 572 g/mol. The van der Waals surface area contributed by atoms with E-state index in [1.165, 1.54) is 10.8 Å². The van der Waals surface area contributed by atoms with E-state index in [1.54, 1.807) is 0 Å². The highest BCUT2D eigenvalue weighted by molar-refractivity contribution is 9.10. The number of hydrogen-bond acceptors (Lipinski definition) is 2. The second-order valence-electron chi connectivity index (χ2n) is 8.91. The Morgan fingerprint density at radius 1 is 0.389 bits per heavy atom. The van der Waals surface area contributed by atoms with Crippen LogP contribution in [-0.4, -0.2) is 9.97 Å². The van der Waals surface area contributed by atoms with Crippen LogP contribution in [0.1, 0.15) is 0 Å². The zero-order valence-electron chi connectivity index (χ0n) is 19.0. The van der Waals surface area contributed by atoms with Gasteiger partial charge in [0, 0.05) is 41.6 Å². The van der Waals surface area contributed by atoms with Gasteiger partial charge in [-0.1, -0.05) is 105 Å². The Hall–Kier alpha value is -3.60. The molecule has 0 unspecified atom stereocenters. The van der Waals surface area contributed by atoms with E-state index in [0.29, 0.717) is 0 Å². The number of fused-ring (bicyclic) bond motifs is 6. The number of aromatic nitrogens is 2. The van der Waals surface area contributed by atoms with Gasteiger partial charge in [0.2, 0.25) is 0 Å². The van der Waals surface area contributed by atoms with Gasteiger partial charge in [0.05, 0.1) is 22.4 Å². The van der Waals surface area contributed by atoms with Crippen molar-refractivity contribution < 1.29 is 0 Å². The Morgan fingerprint density at radius 3 is 1.19 bits per heavy atom. The highest BCUT2D eigenvalue weighted by Gasteiger charge is 2.15. The average Bonchev–Trinajstić information content (AvgIpc) is 2.92. The summed E-state index contributed by atoms with van der Waals surface area (Å²) in [5.74, 6) is 0. The molecule has 7 rings (SSSR count). The van der Waals surface area contributed by atoms with Gasteiger partial charge < -0.3 is 0 Å². The third-order valence-electron chi connectivity index (χ3n) is 6.76. The third-order valence-corrected chi connectivity index (χ3v) is 7.82. The maximum absolute atomic E-state index is 5.19. The predicted molar refractivity (Wildman–Crippen MR) is 158 cm³/mol. The summed E-state index contributed by atoms with van der Waals surface area (Å²) in [7, 11) is 0. The topological polar surface area (TPSA) is 25.8 Å². The second-order valence-corrected chi connectivity index (χ2v) is 10.7. The van der Waals surface area contributed by atoms with Gasteiger partial charge in [-0.05, 0) is 47.2 Å². The van der Waals surface area contributed by atoms with Crippen LogP contribution >= 0.6 is 31.9 Å². The Balaban J connectivity index is 1.59. The van der Waals surface area contributed by atoms with Crippen LogP contribution in [-0.2, 0) is 0 Å². The fourth-order valence-electron chi connectivity index (χ4n) is 5.06. The molecule has 0 atom stereocenters. The molecule has 36 heavy (non-hydrogen) atoms. The van der Waals surface area contributed by atoms with E-state index in [-0.39, 0.29) is 0 Å². The molecule has 0 aliphatic heterocycles. The molecule has 0 aliphatic carbocycles. The largest absolute Gasteiger partial charge is 0.247 e. The normalized spacial score (nSPS) is 11.6. The Bertz CT molecular complexity index is 1800. The van der Waals surface area contributed by atoms with Crippen LogP contribution < -0.4 is 0 Å². The molecule has 0 aliphatic rings. The van der Waals surface area contributed by atoms with Crippen molar-refractivity contribution in [1.82, 2.24) is 9.97 Å². The fraction of sp³-hybridized carbons (Fsp3) is 0. The van der Waals surface area contributed by atoms with Gasteiger partial charge in [0.25, 0.3) is 0 Å². The molecule has 0 fully saturated rings. The van der Waals surface area contributed by atoms with E-state index in [9.17, 15) is 0 Å². The summed E-state index contributed by atoms with van der Waals surface area (Å²) < 4.78 is 2.11. The van der Waals surface area contributed by atoms with E-state index in [0.717, 1.165) is 64.0 Å². The first-order valence-corrected chi connectivity index (χ1v) is 13.3. The molecule has 0 saturated carbocycles. The Labute approximate surface area is 224 Å². The number of pyridine rings is 2. The van der Waals surface area contributed by atoms with E-state index in [4.69, 9.17) is 9.97 Å². The first-order valence-electron chi connectivity index (χ1n) is 11.7. The molecular formula is C32H18Br2N2. The van der Waals surface area contributed by atoms with Crippen LogP contribution in [0.25, 0.3) is 65.9 Å². The van der Waals surface area contributed by atoms with Gasteiger partial charge >= 0.3 is 0 Å². The van der Waals surface area contributed by atoms with E-state index in [2.05, 4.69) is 141 Å². The number of rotatable bonds is 2. The minimum atomic E-state index is 0.948. The summed E-state index contributed by atoms with van der Waals surface area (Å²) in [6.45, 7) is 0. The number of halogens is 2. The maximum atomic E-state index is 5.19. The average molecular weight is 590 g/mol. The molecule has 170 valence electrons. The van der Waals surface area contributed by atoms with Crippen molar-refractivity contribution in [2.45, 2.75) is 0 Å². The van der Waals surface area contributed by atoms with Crippen molar-refractivity contribution in [1.29, 1.82) is 0 Å². The summed E-state index contributed by atoms with van der Waals surface area (Å²) in [4.78, 5) is 10.4. The van der Waals surface area contributed by atoms with Gasteiger partial charge in [0.1, 0.15) is 0 Å². The molecule has 0 N–H and O–H groups in total. The minimum Gasteiger partial charge on any atom is -0.247 e. The highest BCUT2D eigenvalue weighted by Crippen LogP contribution is 2.38. The lowest BCUT2D eigenvalue weighted by atomic mass is 9.96. The maximum Gasteiger partial charge on any atom is 0.0788 e. The SMILES string of the molecule is Brc1ccc(-c2nc3cc4nc(-c5ccc(Br)cc5)c5ccccc5c4cc3c3ccccc23)cc1. The Kier molecular flexibility index (Phi) is 5.12. The number of hydrogen-bond donors (Lipinski definition) is 0. The number of nitrogens with zero attached hydrogens (tertiary/aromatic N) is 2. The van der Waals surface area contributed by atoms with Gasteiger partial charge in [-0.3, -0.25) is 0 Å². The summed E-state index contributed by atoms with van der Waals surface area (Å²) in [6.07, 6.45) is 0. The van der Waals surface area contributed by atoms with Gasteiger partial charge in [-0.15, -0.1) is 0 Å². The van der Waals surface area contributed by atoms with Crippen molar-refractivity contribution >= 4 is 75.2 Å². The predicted octanol–water partition coefficient (Wildman–Crippen LogP) is 9.95. The van der Waals surface area contributed by atoms with E-state index in [1.807, 2.05) is 0 Å². The first kappa shape index (κ1) is 21.7. The van der Waals surface area contributed by atoms with Crippen LogP contribution in [0.15, 0.2) is 118 Å². The highest BCUT2D eigenvalue weighted by atomic mass is 79.9. The fourth-order valence-corrected chi connectivity index (χ4v) is 5.59. The van der Waals surface area contributed by atoms with Crippen LogP contribution in [0.4, 0.5) is 0 Å². The van der Waals surface area contributed by atoms with E-state index < -0.39 is 0 Å². The molecule has 2 aromatic heterocycles. The van der Waals surface area contributed by atoms with Crippen LogP contribution in [0.3, 0.4) is 0 Å². The summed E-state index contributed by atoms with van der Waals surface area (Å²) in [5, 5.41) is 6.97. The molecule has 2 nitrogen and oxygen atoms in total. The zero-order valence-corrected chi connectivity index (χ0v) is 22.2. The first-order chi connectivity index (χ1) is 17.7. The molecule has 2 heterocycles. The zero-order chi connectivity index (χ0) is 24.2. The molecule has 4 heteroatoms. The van der Waals surface area contributed by atoms with Crippen molar-refractivity contribution in [2.75, 3.05) is 0 Å². The molecule has 0 bridgehead atoms. The van der Waals surface area contributed by atoms with Crippen molar-refractivity contribution in [2.24, 2.45) is 0 Å². The lowest BCUT2D eigenvalue weighted by Crippen LogP contribution is -1.93. The Morgan fingerprint density at radius 2 is 0.778 bits per heavy atom. The van der Waals surface area contributed by atoms with Crippen molar-refractivity contribution in [3.63, 3.8) is 0 Å². The molecule has 0 radical (unpaired) electrons. The standard InChI is InChI=1S/C32H18Br2N2/c33-21-13-9-19(10-14-21)31-25-7-3-1-5-23(25)27-17-28-24-6-2-4-8-26(24)32(20-11-15-22(34)16-12-20)36-30(28)18-29(27)35-31/h1-18H. The summed E-state index contributed by atoms with van der Waals surface area (Å²) in [5.41, 5.74) is 6.06. The van der Waals surface area contributed by atoms with Crippen molar-refractivity contribution in [3.05, 3.63) is 118 Å². The van der Waals surface area contributed by atoms with E-state index >= 15 is 0 Å². The molecule has 0 spiro atoms. The van der Waals surface area contributed by atoms with Gasteiger partial charge in [0.15, 0.2) is 0 Å². The number of benzene rings is 5. The third kappa shape index (κ3) is 3.52. The second kappa shape index (κ2) is 8.51. The van der Waals surface area contributed by atoms with Gasteiger partial charge in [-0.2, -0.15) is 0 Å². The summed E-state index contributed by atoms with van der Waals surface area (Å²) >= 11 is 7.11. The quantitative estimate of drug-likeness (QED) is 0.148. The van der Waals surface area contributed by atoms with Crippen molar-refractivity contribution in [3.8, 4) is 22.5 Å². The lowest BCUT2D eigenvalue weighted by molar-refractivity contribution is 1.40. The smallest absolute Gasteiger partial charge is 0.0788 e.